The lowest BCUT2D eigenvalue weighted by Crippen LogP contribution is -2.34. The van der Waals surface area contributed by atoms with Gasteiger partial charge in [0.15, 0.2) is 17.3 Å². The molecule has 8 heteroatoms. The molecule has 0 saturated heterocycles. The van der Waals surface area contributed by atoms with Crippen molar-refractivity contribution in [3.05, 3.63) is 44.7 Å². The Hall–Kier alpha value is -1.93. The number of esters is 1. The molecule has 0 unspecified atom stereocenters. The van der Waals surface area contributed by atoms with Gasteiger partial charge in [-0.3, -0.25) is 4.79 Å². The van der Waals surface area contributed by atoms with E-state index in [1.807, 2.05) is 19.1 Å². The molecule has 160 valence electrons. The van der Waals surface area contributed by atoms with Crippen molar-refractivity contribution in [2.24, 2.45) is 0 Å². The van der Waals surface area contributed by atoms with Crippen LogP contribution in [0.2, 0.25) is 0 Å². The van der Waals surface area contributed by atoms with Crippen LogP contribution >= 0.6 is 27.7 Å². The molecule has 1 N–H and O–H groups in total. The van der Waals surface area contributed by atoms with Crippen LogP contribution in [0.3, 0.4) is 0 Å². The quantitative estimate of drug-likeness (QED) is 0.463. The molecule has 0 amide bonds. The average Bonchev–Trinajstić information content (AvgIpc) is 3.17. The van der Waals surface area contributed by atoms with Crippen LogP contribution < -0.4 is 14.8 Å². The molecule has 2 heterocycles. The number of carbonyl (C=O) groups is 2. The van der Waals surface area contributed by atoms with E-state index in [9.17, 15) is 9.59 Å². The summed E-state index contributed by atoms with van der Waals surface area (Å²) in [6, 6.07) is 3.70. The van der Waals surface area contributed by atoms with Gasteiger partial charge in [0.2, 0.25) is 6.79 Å². The van der Waals surface area contributed by atoms with Gasteiger partial charge in [0, 0.05) is 39.5 Å². The molecule has 6 nitrogen and oxygen atoms in total. The highest BCUT2D eigenvalue weighted by Crippen LogP contribution is 2.48. The fraction of sp³-hybridized carbons (Fsp3) is 0.455. The van der Waals surface area contributed by atoms with E-state index in [1.165, 1.54) is 0 Å². The molecule has 0 saturated carbocycles. The summed E-state index contributed by atoms with van der Waals surface area (Å²) in [5.41, 5.74) is 3.56. The lowest BCUT2D eigenvalue weighted by molar-refractivity contribution is -0.138. The van der Waals surface area contributed by atoms with Crippen molar-refractivity contribution in [1.82, 2.24) is 5.32 Å². The molecule has 0 fully saturated rings. The number of rotatable bonds is 6. The summed E-state index contributed by atoms with van der Waals surface area (Å²) < 4.78 is 17.4. The SMILES string of the molecule is CCSCCOC(=O)C1=C(C)NC2=C(C(=O)CCC2)[C@@H]1c1cc2c(cc1Br)OCO2. The highest BCUT2D eigenvalue weighted by molar-refractivity contribution is 9.10. The minimum atomic E-state index is -0.510. The standard InChI is InChI=1S/C22H24BrNO5S/c1-3-30-8-7-27-22(26)19-12(2)24-15-5-4-6-16(25)21(15)20(19)13-9-17-18(10-14(13)23)29-11-28-17/h9-10,20,24H,3-8,11H2,1-2H3/t20-/m1/s1. The molecule has 3 aliphatic rings. The molecule has 0 aromatic heterocycles. The third kappa shape index (κ3) is 3.99. The second-order valence-corrected chi connectivity index (χ2v) is 9.57. The number of hydrogen-bond acceptors (Lipinski definition) is 7. The molecular weight excluding hydrogens is 470 g/mol. The number of carbonyl (C=O) groups excluding carboxylic acids is 2. The number of nitrogens with one attached hydrogen (secondary N) is 1. The largest absolute Gasteiger partial charge is 0.461 e. The molecule has 2 aliphatic heterocycles. The topological polar surface area (TPSA) is 73.9 Å². The van der Waals surface area contributed by atoms with Gasteiger partial charge in [0.1, 0.15) is 6.61 Å². The fourth-order valence-corrected chi connectivity index (χ4v) is 5.18. The van der Waals surface area contributed by atoms with Crippen LogP contribution in [-0.4, -0.2) is 36.7 Å². The maximum Gasteiger partial charge on any atom is 0.336 e. The van der Waals surface area contributed by atoms with Gasteiger partial charge in [-0.25, -0.2) is 4.79 Å². The van der Waals surface area contributed by atoms with Crippen molar-refractivity contribution < 1.29 is 23.8 Å². The first-order chi connectivity index (χ1) is 14.5. The number of halogens is 1. The Kier molecular flexibility index (Phi) is 6.43. The van der Waals surface area contributed by atoms with Crippen LogP contribution in [0.15, 0.2) is 39.1 Å². The van der Waals surface area contributed by atoms with Crippen molar-refractivity contribution >= 4 is 39.4 Å². The molecule has 0 spiro atoms. The predicted octanol–water partition coefficient (Wildman–Crippen LogP) is 4.44. The van der Waals surface area contributed by atoms with E-state index in [0.29, 0.717) is 35.7 Å². The second-order valence-electron chi connectivity index (χ2n) is 7.33. The van der Waals surface area contributed by atoms with Gasteiger partial charge in [0.25, 0.3) is 0 Å². The van der Waals surface area contributed by atoms with E-state index in [0.717, 1.165) is 45.8 Å². The molecule has 1 aromatic carbocycles. The zero-order chi connectivity index (χ0) is 21.3. The summed E-state index contributed by atoms with van der Waals surface area (Å²) in [6.45, 7) is 4.43. The van der Waals surface area contributed by atoms with Gasteiger partial charge < -0.3 is 19.5 Å². The first-order valence-electron chi connectivity index (χ1n) is 10.1. The van der Waals surface area contributed by atoms with E-state index in [2.05, 4.69) is 28.2 Å². The number of allylic oxidation sites excluding steroid dienone is 3. The second kappa shape index (κ2) is 9.06. The van der Waals surface area contributed by atoms with E-state index >= 15 is 0 Å². The van der Waals surface area contributed by atoms with Gasteiger partial charge in [-0.2, -0.15) is 11.8 Å². The van der Waals surface area contributed by atoms with Crippen molar-refractivity contribution in [2.75, 3.05) is 24.9 Å². The predicted molar refractivity (Wildman–Crippen MR) is 119 cm³/mol. The number of Topliss-reactive ketones (excluding diaryl/α,β-unsaturated/α-hetero) is 1. The minimum Gasteiger partial charge on any atom is -0.461 e. The zero-order valence-corrected chi connectivity index (χ0v) is 19.4. The fourth-order valence-electron chi connectivity index (χ4n) is 4.13. The van der Waals surface area contributed by atoms with Crippen LogP contribution in [0.4, 0.5) is 0 Å². The third-order valence-electron chi connectivity index (χ3n) is 5.46. The molecule has 1 aliphatic carbocycles. The lowest BCUT2D eigenvalue weighted by Gasteiger charge is -2.34. The smallest absolute Gasteiger partial charge is 0.336 e. The number of thioether (sulfide) groups is 1. The Labute approximate surface area is 188 Å². The number of fused-ring (bicyclic) bond motifs is 1. The van der Waals surface area contributed by atoms with E-state index < -0.39 is 11.9 Å². The zero-order valence-electron chi connectivity index (χ0n) is 17.0. The highest BCUT2D eigenvalue weighted by atomic mass is 79.9. The first-order valence-corrected chi connectivity index (χ1v) is 12.0. The first kappa shape index (κ1) is 21.3. The number of ketones is 1. The molecule has 1 atom stereocenters. The van der Waals surface area contributed by atoms with Gasteiger partial charge in [-0.15, -0.1) is 0 Å². The Morgan fingerprint density at radius 2 is 2.07 bits per heavy atom. The van der Waals surface area contributed by atoms with Gasteiger partial charge in [0.05, 0.1) is 5.57 Å². The number of hydrogen-bond donors (Lipinski definition) is 1. The van der Waals surface area contributed by atoms with Crippen LogP contribution in [0.1, 0.15) is 44.6 Å². The Morgan fingerprint density at radius 1 is 1.30 bits per heavy atom. The summed E-state index contributed by atoms with van der Waals surface area (Å²) in [4.78, 5) is 26.1. The van der Waals surface area contributed by atoms with Crippen molar-refractivity contribution in [1.29, 1.82) is 0 Å². The molecule has 0 radical (unpaired) electrons. The normalized spacial score (nSPS) is 20.2. The van der Waals surface area contributed by atoms with Crippen LogP contribution in [0, 0.1) is 0 Å². The van der Waals surface area contributed by atoms with Crippen LogP contribution in [0.25, 0.3) is 0 Å². The summed E-state index contributed by atoms with van der Waals surface area (Å²) >= 11 is 5.34. The highest BCUT2D eigenvalue weighted by Gasteiger charge is 2.40. The maximum absolute atomic E-state index is 13.1. The average molecular weight is 494 g/mol. The van der Waals surface area contributed by atoms with Crippen molar-refractivity contribution in [2.45, 2.75) is 39.0 Å². The molecule has 1 aromatic rings. The van der Waals surface area contributed by atoms with Crippen LogP contribution in [0.5, 0.6) is 11.5 Å². The molecule has 0 bridgehead atoms. The summed E-state index contributed by atoms with van der Waals surface area (Å²) in [5, 5.41) is 3.31. The van der Waals surface area contributed by atoms with Crippen molar-refractivity contribution in [3.8, 4) is 11.5 Å². The van der Waals surface area contributed by atoms with Crippen molar-refractivity contribution in [3.63, 3.8) is 0 Å². The Balaban J connectivity index is 1.77. The van der Waals surface area contributed by atoms with Gasteiger partial charge >= 0.3 is 5.97 Å². The maximum atomic E-state index is 13.1. The Morgan fingerprint density at radius 3 is 2.83 bits per heavy atom. The van der Waals surface area contributed by atoms with E-state index in [-0.39, 0.29) is 12.6 Å². The Bertz CT molecular complexity index is 955. The molecular formula is C22H24BrNO5S. The number of benzene rings is 1. The molecule has 4 rings (SSSR count). The lowest BCUT2D eigenvalue weighted by atomic mass is 9.75. The minimum absolute atomic E-state index is 0.0673. The van der Waals surface area contributed by atoms with Crippen LogP contribution in [-0.2, 0) is 14.3 Å². The summed E-state index contributed by atoms with van der Waals surface area (Å²) in [5.74, 6) is 2.14. The van der Waals surface area contributed by atoms with Gasteiger partial charge in [-0.05, 0) is 43.2 Å². The summed E-state index contributed by atoms with van der Waals surface area (Å²) in [7, 11) is 0. The van der Waals surface area contributed by atoms with Gasteiger partial charge in [-0.1, -0.05) is 22.9 Å². The van der Waals surface area contributed by atoms with E-state index in [1.54, 1.807) is 11.8 Å². The monoisotopic (exact) mass is 493 g/mol. The number of ether oxygens (including phenoxy) is 3. The number of dihydropyridines is 1. The van der Waals surface area contributed by atoms with E-state index in [4.69, 9.17) is 14.2 Å². The molecule has 30 heavy (non-hydrogen) atoms. The third-order valence-corrected chi connectivity index (χ3v) is 7.01. The summed E-state index contributed by atoms with van der Waals surface area (Å²) in [6.07, 6.45) is 2.07.